The Bertz CT molecular complexity index is 1010. The lowest BCUT2D eigenvalue weighted by Gasteiger charge is -2.36. The number of hydrogen-bond donors (Lipinski definition) is 0. The van der Waals surface area contributed by atoms with E-state index in [1.165, 1.54) is 22.0 Å². The fourth-order valence-electron chi connectivity index (χ4n) is 4.18. The number of fused-ring (bicyclic) bond motifs is 1. The summed E-state index contributed by atoms with van der Waals surface area (Å²) in [6.07, 6.45) is 2.90. The normalized spacial score (nSPS) is 18.5. The molecule has 8 heteroatoms. The summed E-state index contributed by atoms with van der Waals surface area (Å²) in [7, 11) is -3.80. The van der Waals surface area contributed by atoms with Crippen molar-refractivity contribution < 1.29 is 13.2 Å². The zero-order valence-corrected chi connectivity index (χ0v) is 18.2. The molecular weight excluding hydrogens is 431 g/mol. The Hall–Kier alpha value is -1.60. The zero-order chi connectivity index (χ0) is 20.6. The molecule has 0 saturated carbocycles. The lowest BCUT2D eigenvalue weighted by Crippen LogP contribution is -2.45. The maximum atomic E-state index is 13.2. The Balaban J connectivity index is 1.48. The molecule has 0 spiro atoms. The van der Waals surface area contributed by atoms with Crippen molar-refractivity contribution >= 4 is 44.8 Å². The highest BCUT2D eigenvalue weighted by Gasteiger charge is 2.36. The van der Waals surface area contributed by atoms with Crippen LogP contribution >= 0.6 is 23.2 Å². The van der Waals surface area contributed by atoms with Gasteiger partial charge in [0.05, 0.1) is 10.0 Å². The van der Waals surface area contributed by atoms with Crippen molar-refractivity contribution in [2.75, 3.05) is 24.5 Å². The number of para-hydroxylation sites is 1. The molecule has 2 aliphatic heterocycles. The van der Waals surface area contributed by atoms with Gasteiger partial charge in [-0.15, -0.1) is 0 Å². The van der Waals surface area contributed by atoms with Gasteiger partial charge in [0.2, 0.25) is 15.9 Å². The van der Waals surface area contributed by atoms with E-state index < -0.39 is 10.0 Å². The number of halogens is 2. The maximum Gasteiger partial charge on any atom is 0.246 e. The van der Waals surface area contributed by atoms with E-state index in [0.717, 1.165) is 18.5 Å². The number of carbonyl (C=O) groups excluding carboxylic acids is 1. The van der Waals surface area contributed by atoms with Gasteiger partial charge in [-0.3, -0.25) is 4.79 Å². The molecule has 2 aromatic rings. The summed E-state index contributed by atoms with van der Waals surface area (Å²) in [6.45, 7) is 1.26. The van der Waals surface area contributed by atoms with Gasteiger partial charge >= 0.3 is 0 Å². The van der Waals surface area contributed by atoms with E-state index >= 15 is 0 Å². The number of amides is 1. The number of carbonyl (C=O) groups is 1. The second kappa shape index (κ2) is 8.26. The van der Waals surface area contributed by atoms with Crippen LogP contribution in [0.1, 0.15) is 24.8 Å². The standard InChI is InChI=1S/C21H22Cl2N2O3S/c22-17-7-3-8-18(23)20(17)29(27,28)24-13-10-16(11-14-24)21(26)25-12-4-6-15-5-1-2-9-19(15)25/h1-3,5,7-9,16H,4,6,10-14H2. The molecule has 0 N–H and O–H groups in total. The van der Waals surface area contributed by atoms with Crippen LogP contribution in [0.25, 0.3) is 0 Å². The minimum absolute atomic E-state index is 0.0573. The molecule has 1 saturated heterocycles. The minimum Gasteiger partial charge on any atom is -0.312 e. The second-order valence-electron chi connectivity index (χ2n) is 7.45. The lowest BCUT2D eigenvalue weighted by molar-refractivity contribution is -0.123. The van der Waals surface area contributed by atoms with Gasteiger partial charge in [-0.05, 0) is 49.4 Å². The monoisotopic (exact) mass is 452 g/mol. The van der Waals surface area contributed by atoms with Crippen LogP contribution in [0.4, 0.5) is 5.69 Å². The third-order valence-electron chi connectivity index (χ3n) is 5.70. The Morgan fingerprint density at radius 3 is 2.28 bits per heavy atom. The van der Waals surface area contributed by atoms with Crippen molar-refractivity contribution in [3.63, 3.8) is 0 Å². The molecule has 0 radical (unpaired) electrons. The number of aryl methyl sites for hydroxylation is 1. The molecule has 0 atom stereocenters. The summed E-state index contributed by atoms with van der Waals surface area (Å²) in [5.41, 5.74) is 2.18. The van der Waals surface area contributed by atoms with Crippen LogP contribution in [0.3, 0.4) is 0 Å². The Morgan fingerprint density at radius 1 is 0.931 bits per heavy atom. The molecule has 29 heavy (non-hydrogen) atoms. The number of nitrogens with zero attached hydrogens (tertiary/aromatic N) is 2. The van der Waals surface area contributed by atoms with E-state index in [-0.39, 0.29) is 39.9 Å². The van der Waals surface area contributed by atoms with Gasteiger partial charge < -0.3 is 4.90 Å². The fraction of sp³-hybridized carbons (Fsp3) is 0.381. The SMILES string of the molecule is O=C(C1CCN(S(=O)(=O)c2c(Cl)cccc2Cl)CC1)N1CCCc2ccccc21. The molecule has 154 valence electrons. The first-order valence-corrected chi connectivity index (χ1v) is 11.9. The molecule has 2 heterocycles. The fourth-order valence-corrected chi connectivity index (χ4v) is 6.75. The van der Waals surface area contributed by atoms with E-state index in [1.54, 1.807) is 6.07 Å². The molecule has 5 nitrogen and oxygen atoms in total. The molecule has 0 aliphatic carbocycles. The van der Waals surface area contributed by atoms with Gasteiger partial charge in [0.1, 0.15) is 4.90 Å². The second-order valence-corrected chi connectivity index (χ2v) is 10.1. The molecule has 0 bridgehead atoms. The topological polar surface area (TPSA) is 57.7 Å². The summed E-state index contributed by atoms with van der Waals surface area (Å²) >= 11 is 12.2. The van der Waals surface area contributed by atoms with Crippen LogP contribution < -0.4 is 4.90 Å². The first-order chi connectivity index (χ1) is 13.9. The van der Waals surface area contributed by atoms with E-state index in [0.29, 0.717) is 19.4 Å². The van der Waals surface area contributed by atoms with Crippen LogP contribution in [-0.4, -0.2) is 38.3 Å². The number of rotatable bonds is 3. The quantitative estimate of drug-likeness (QED) is 0.694. The van der Waals surface area contributed by atoms with Gasteiger partial charge in [-0.25, -0.2) is 8.42 Å². The number of piperidine rings is 1. The highest BCUT2D eigenvalue weighted by Crippen LogP contribution is 2.35. The molecule has 2 aromatic carbocycles. The van der Waals surface area contributed by atoms with Crippen molar-refractivity contribution in [2.45, 2.75) is 30.6 Å². The van der Waals surface area contributed by atoms with E-state index in [9.17, 15) is 13.2 Å². The molecular formula is C21H22Cl2N2O3S. The van der Waals surface area contributed by atoms with Crippen molar-refractivity contribution in [3.05, 3.63) is 58.1 Å². The highest BCUT2D eigenvalue weighted by atomic mass is 35.5. The Labute approximate surface area is 181 Å². The van der Waals surface area contributed by atoms with Crippen molar-refractivity contribution in [2.24, 2.45) is 5.92 Å². The van der Waals surface area contributed by atoms with Gasteiger partial charge in [-0.2, -0.15) is 4.31 Å². The van der Waals surface area contributed by atoms with E-state index in [4.69, 9.17) is 23.2 Å². The third-order valence-corrected chi connectivity index (χ3v) is 8.55. The predicted octanol–water partition coefficient (Wildman–Crippen LogP) is 4.37. The van der Waals surface area contributed by atoms with Gasteiger partial charge in [0, 0.05) is 31.2 Å². The van der Waals surface area contributed by atoms with Gasteiger partial charge in [-0.1, -0.05) is 47.5 Å². The first kappa shape index (κ1) is 20.7. The summed E-state index contributed by atoms with van der Waals surface area (Å²) in [5, 5.41) is 0.223. The van der Waals surface area contributed by atoms with E-state index in [1.807, 2.05) is 23.1 Å². The van der Waals surface area contributed by atoms with Crippen LogP contribution in [0.2, 0.25) is 10.0 Å². The summed E-state index contributed by atoms with van der Waals surface area (Å²) in [5.74, 6) is -0.0979. The maximum absolute atomic E-state index is 13.2. The summed E-state index contributed by atoms with van der Waals surface area (Å²) < 4.78 is 27.4. The van der Waals surface area contributed by atoms with Crippen LogP contribution in [-0.2, 0) is 21.2 Å². The number of benzene rings is 2. The van der Waals surface area contributed by atoms with Crippen LogP contribution in [0.5, 0.6) is 0 Å². The summed E-state index contributed by atoms with van der Waals surface area (Å²) in [4.78, 5) is 15.0. The average Bonchev–Trinajstić information content (AvgIpc) is 2.72. The molecule has 1 amide bonds. The molecule has 4 rings (SSSR count). The van der Waals surface area contributed by atoms with E-state index in [2.05, 4.69) is 6.07 Å². The highest BCUT2D eigenvalue weighted by molar-refractivity contribution is 7.89. The number of anilines is 1. The van der Waals surface area contributed by atoms with Gasteiger partial charge in [0.25, 0.3) is 0 Å². The third kappa shape index (κ3) is 3.91. The lowest BCUT2D eigenvalue weighted by atomic mass is 9.94. The molecule has 0 aromatic heterocycles. The van der Waals surface area contributed by atoms with Crippen molar-refractivity contribution in [3.8, 4) is 0 Å². The zero-order valence-electron chi connectivity index (χ0n) is 15.9. The Kier molecular flexibility index (Phi) is 5.89. The molecule has 1 fully saturated rings. The average molecular weight is 453 g/mol. The first-order valence-electron chi connectivity index (χ1n) is 9.73. The van der Waals surface area contributed by atoms with Crippen molar-refractivity contribution in [1.82, 2.24) is 4.31 Å². The number of sulfonamides is 1. The predicted molar refractivity (Wildman–Crippen MR) is 115 cm³/mol. The minimum atomic E-state index is -3.80. The van der Waals surface area contributed by atoms with Crippen molar-refractivity contribution in [1.29, 1.82) is 0 Å². The molecule has 0 unspecified atom stereocenters. The largest absolute Gasteiger partial charge is 0.312 e. The molecule has 2 aliphatic rings. The van der Waals surface area contributed by atoms with Crippen LogP contribution in [0.15, 0.2) is 47.4 Å². The van der Waals surface area contributed by atoms with Gasteiger partial charge in [0.15, 0.2) is 0 Å². The van der Waals surface area contributed by atoms with Crippen LogP contribution in [0, 0.1) is 5.92 Å². The number of hydrogen-bond acceptors (Lipinski definition) is 3. The Morgan fingerprint density at radius 2 is 1.59 bits per heavy atom. The summed E-state index contributed by atoms with van der Waals surface area (Å²) in [6, 6.07) is 12.7. The smallest absolute Gasteiger partial charge is 0.246 e.